The molecule has 0 spiro atoms. The number of nitrogens with one attached hydrogen (secondary N) is 1. The molecule has 156 valence electrons. The lowest BCUT2D eigenvalue weighted by molar-refractivity contribution is 0.0657. The Labute approximate surface area is 171 Å². The summed E-state index contributed by atoms with van der Waals surface area (Å²) in [6.45, 7) is 6.55. The van der Waals surface area contributed by atoms with Crippen molar-refractivity contribution in [1.29, 1.82) is 0 Å². The van der Waals surface area contributed by atoms with Crippen molar-refractivity contribution in [3.8, 4) is 11.5 Å². The molecule has 8 nitrogen and oxygen atoms in total. The Morgan fingerprint density at radius 1 is 1.10 bits per heavy atom. The fraction of sp³-hybridized carbons (Fsp3) is 0.429. The maximum absolute atomic E-state index is 12.4. The Balaban J connectivity index is 1.48. The number of benzene rings is 1. The van der Waals surface area contributed by atoms with Crippen molar-refractivity contribution in [2.24, 2.45) is 4.99 Å². The first-order chi connectivity index (χ1) is 14.2. The molecule has 2 aromatic rings. The molecule has 0 aliphatic carbocycles. The zero-order valence-corrected chi connectivity index (χ0v) is 17.0. The van der Waals surface area contributed by atoms with Crippen molar-refractivity contribution in [2.45, 2.75) is 6.92 Å². The molecule has 8 heteroatoms. The van der Waals surface area contributed by atoms with Gasteiger partial charge in [-0.2, -0.15) is 0 Å². The van der Waals surface area contributed by atoms with Crippen LogP contribution in [-0.4, -0.2) is 74.7 Å². The fourth-order valence-corrected chi connectivity index (χ4v) is 3.09. The van der Waals surface area contributed by atoms with Gasteiger partial charge < -0.3 is 29.0 Å². The molecular formula is C21H28N4O4. The molecule has 0 bridgehead atoms. The van der Waals surface area contributed by atoms with Gasteiger partial charge in [0.15, 0.2) is 11.7 Å². The summed E-state index contributed by atoms with van der Waals surface area (Å²) in [6.07, 6.45) is 1.52. The molecule has 0 radical (unpaired) electrons. The highest BCUT2D eigenvalue weighted by atomic mass is 16.5. The summed E-state index contributed by atoms with van der Waals surface area (Å²) in [7, 11) is 1.64. The molecular weight excluding hydrogens is 372 g/mol. The van der Waals surface area contributed by atoms with E-state index in [9.17, 15) is 4.79 Å². The van der Waals surface area contributed by atoms with E-state index >= 15 is 0 Å². The number of carbonyl (C=O) groups excluding carboxylic acids is 1. The van der Waals surface area contributed by atoms with Crippen molar-refractivity contribution >= 4 is 11.9 Å². The Morgan fingerprint density at radius 3 is 2.41 bits per heavy atom. The van der Waals surface area contributed by atoms with Crippen molar-refractivity contribution in [3.63, 3.8) is 0 Å². The molecule has 1 fully saturated rings. The topological polar surface area (TPSA) is 79.5 Å². The Bertz CT molecular complexity index is 782. The van der Waals surface area contributed by atoms with Gasteiger partial charge in [-0.15, -0.1) is 0 Å². The summed E-state index contributed by atoms with van der Waals surface area (Å²) in [5, 5.41) is 3.32. The lowest BCUT2D eigenvalue weighted by Gasteiger charge is -2.36. The van der Waals surface area contributed by atoms with Crippen LogP contribution in [0, 0.1) is 0 Å². The molecule has 1 aliphatic rings. The third-order valence-corrected chi connectivity index (χ3v) is 4.61. The molecule has 3 rings (SSSR count). The minimum absolute atomic E-state index is 0.0653. The van der Waals surface area contributed by atoms with Crippen LogP contribution in [0.25, 0.3) is 0 Å². The normalized spacial score (nSPS) is 14.6. The standard InChI is InChI=1S/C21H28N4O4/c1-3-22-21(23-10-16-28-18-8-6-17(27-2)7-9-18)25-13-11-24(12-14-25)20(26)19-5-4-15-29-19/h4-9,15H,3,10-14,16H2,1-2H3,(H,22,23). The van der Waals surface area contributed by atoms with E-state index in [2.05, 4.69) is 15.2 Å². The number of aliphatic imine (C=N–C) groups is 1. The highest BCUT2D eigenvalue weighted by Crippen LogP contribution is 2.16. The number of hydrogen-bond donors (Lipinski definition) is 1. The zero-order valence-electron chi connectivity index (χ0n) is 17.0. The quantitative estimate of drug-likeness (QED) is 0.436. The van der Waals surface area contributed by atoms with E-state index in [1.807, 2.05) is 36.1 Å². The minimum atomic E-state index is -0.0653. The lowest BCUT2D eigenvalue weighted by atomic mass is 10.3. The summed E-state index contributed by atoms with van der Waals surface area (Å²) in [6, 6.07) is 10.9. The average Bonchev–Trinajstić information content (AvgIpc) is 3.31. The first kappa shape index (κ1) is 20.6. The van der Waals surface area contributed by atoms with E-state index in [-0.39, 0.29) is 5.91 Å². The second-order valence-corrected chi connectivity index (χ2v) is 6.52. The summed E-state index contributed by atoms with van der Waals surface area (Å²) in [4.78, 5) is 21.0. The molecule has 29 heavy (non-hydrogen) atoms. The lowest BCUT2D eigenvalue weighted by Crippen LogP contribution is -2.53. The number of carbonyl (C=O) groups is 1. The molecule has 1 amide bonds. The van der Waals surface area contributed by atoms with Crippen molar-refractivity contribution in [1.82, 2.24) is 15.1 Å². The Hall–Kier alpha value is -3.16. The van der Waals surface area contributed by atoms with Gasteiger partial charge in [-0.1, -0.05) is 0 Å². The highest BCUT2D eigenvalue weighted by molar-refractivity contribution is 5.91. The van der Waals surface area contributed by atoms with Gasteiger partial charge in [-0.25, -0.2) is 4.99 Å². The smallest absolute Gasteiger partial charge is 0.289 e. The van der Waals surface area contributed by atoms with Crippen molar-refractivity contribution in [3.05, 3.63) is 48.4 Å². The van der Waals surface area contributed by atoms with Gasteiger partial charge in [0.2, 0.25) is 0 Å². The van der Waals surface area contributed by atoms with Crippen molar-refractivity contribution < 1.29 is 18.7 Å². The van der Waals surface area contributed by atoms with Crippen LogP contribution in [0.1, 0.15) is 17.5 Å². The number of furan rings is 1. The van der Waals surface area contributed by atoms with Gasteiger partial charge in [-0.05, 0) is 43.3 Å². The first-order valence-electron chi connectivity index (χ1n) is 9.84. The molecule has 1 N–H and O–H groups in total. The predicted molar refractivity (Wildman–Crippen MR) is 111 cm³/mol. The van der Waals surface area contributed by atoms with Crippen LogP contribution in [0.2, 0.25) is 0 Å². The van der Waals surface area contributed by atoms with E-state index in [0.29, 0.717) is 32.0 Å². The van der Waals surface area contributed by atoms with Crippen LogP contribution in [-0.2, 0) is 0 Å². The molecule has 1 aromatic heterocycles. The maximum atomic E-state index is 12.4. The number of ether oxygens (including phenoxy) is 2. The van der Waals surface area contributed by atoms with E-state index in [4.69, 9.17) is 13.9 Å². The van der Waals surface area contributed by atoms with E-state index < -0.39 is 0 Å². The Kier molecular flexibility index (Phi) is 7.38. The van der Waals surface area contributed by atoms with Crippen LogP contribution < -0.4 is 14.8 Å². The van der Waals surface area contributed by atoms with Gasteiger partial charge >= 0.3 is 0 Å². The molecule has 1 aromatic carbocycles. The van der Waals surface area contributed by atoms with Gasteiger partial charge in [0, 0.05) is 32.7 Å². The SMILES string of the molecule is CCNC(=NCCOc1ccc(OC)cc1)N1CCN(C(=O)c2ccco2)CC1. The number of hydrogen-bond acceptors (Lipinski definition) is 5. The number of nitrogens with zero attached hydrogens (tertiary/aromatic N) is 3. The number of guanidine groups is 1. The summed E-state index contributed by atoms with van der Waals surface area (Å²) in [5.41, 5.74) is 0. The number of rotatable bonds is 7. The average molecular weight is 400 g/mol. The first-order valence-corrected chi connectivity index (χ1v) is 9.84. The maximum Gasteiger partial charge on any atom is 0.289 e. The van der Waals surface area contributed by atoms with Gasteiger partial charge in [-0.3, -0.25) is 4.79 Å². The summed E-state index contributed by atoms with van der Waals surface area (Å²) in [5.74, 6) is 2.75. The molecule has 0 atom stereocenters. The second-order valence-electron chi connectivity index (χ2n) is 6.52. The predicted octanol–water partition coefficient (Wildman–Crippen LogP) is 2.09. The van der Waals surface area contributed by atoms with Crippen LogP contribution >= 0.6 is 0 Å². The molecule has 0 unspecified atom stereocenters. The summed E-state index contributed by atoms with van der Waals surface area (Å²) >= 11 is 0. The third kappa shape index (κ3) is 5.66. The van der Waals surface area contributed by atoms with Crippen molar-refractivity contribution in [2.75, 3.05) is 53.0 Å². The van der Waals surface area contributed by atoms with E-state index in [1.165, 1.54) is 6.26 Å². The summed E-state index contributed by atoms with van der Waals surface area (Å²) < 4.78 is 16.1. The molecule has 1 saturated heterocycles. The Morgan fingerprint density at radius 2 is 1.79 bits per heavy atom. The van der Waals surface area contributed by atoms with Gasteiger partial charge in [0.25, 0.3) is 5.91 Å². The van der Waals surface area contributed by atoms with E-state index in [1.54, 1.807) is 19.2 Å². The number of amides is 1. The monoisotopic (exact) mass is 400 g/mol. The zero-order chi connectivity index (χ0) is 20.5. The molecule has 1 aliphatic heterocycles. The van der Waals surface area contributed by atoms with Crippen LogP contribution in [0.4, 0.5) is 0 Å². The molecule has 2 heterocycles. The number of methoxy groups -OCH3 is 1. The molecule has 0 saturated carbocycles. The van der Waals surface area contributed by atoms with Crippen LogP contribution in [0.15, 0.2) is 52.1 Å². The van der Waals surface area contributed by atoms with Crippen LogP contribution in [0.3, 0.4) is 0 Å². The number of piperazine rings is 1. The van der Waals surface area contributed by atoms with Gasteiger partial charge in [0.1, 0.15) is 18.1 Å². The third-order valence-electron chi connectivity index (χ3n) is 4.61. The minimum Gasteiger partial charge on any atom is -0.497 e. The largest absolute Gasteiger partial charge is 0.497 e. The second kappa shape index (κ2) is 10.4. The van der Waals surface area contributed by atoms with E-state index in [0.717, 1.165) is 37.1 Å². The van der Waals surface area contributed by atoms with Gasteiger partial charge in [0.05, 0.1) is 19.9 Å². The fourth-order valence-electron chi connectivity index (χ4n) is 3.09. The highest BCUT2D eigenvalue weighted by Gasteiger charge is 2.25. The van der Waals surface area contributed by atoms with Crippen LogP contribution in [0.5, 0.6) is 11.5 Å².